The molecule has 12 nitrogen and oxygen atoms in total. The van der Waals surface area contributed by atoms with Crippen LogP contribution < -0.4 is 0 Å². The Morgan fingerprint density at radius 1 is 0.700 bits per heavy atom. The number of unbranched alkanes of at least 4 members (excludes halogenated alkanes) is 14. The van der Waals surface area contributed by atoms with Crippen LogP contribution in [0.15, 0.2) is 0 Å². The second-order valence-electron chi connectivity index (χ2n) is 10.8. The van der Waals surface area contributed by atoms with Gasteiger partial charge in [-0.15, -0.1) is 0 Å². The van der Waals surface area contributed by atoms with E-state index in [4.69, 9.17) is 9.26 Å². The van der Waals surface area contributed by atoms with E-state index in [1.54, 1.807) is 0 Å². The molecular formula is C27H53O12P. The highest BCUT2D eigenvalue weighted by Crippen LogP contribution is 2.47. The Balaban J connectivity index is 2.15. The van der Waals surface area contributed by atoms with E-state index in [9.17, 15) is 44.9 Å². The summed E-state index contributed by atoms with van der Waals surface area (Å²) in [6.45, 7) is 0.821. The van der Waals surface area contributed by atoms with Crippen LogP contribution >= 0.6 is 7.82 Å². The number of phosphoric acid groups is 1. The number of phosphoric ester groups is 1. The van der Waals surface area contributed by atoms with Crippen LogP contribution in [0.25, 0.3) is 0 Å². The maximum Gasteiger partial charge on any atom is 0.472 e. The molecule has 1 saturated carbocycles. The summed E-state index contributed by atoms with van der Waals surface area (Å²) in [7, 11) is -5.00. The molecule has 1 aliphatic rings. The maximum absolute atomic E-state index is 12.2. The van der Waals surface area contributed by atoms with Gasteiger partial charge in [0.15, 0.2) is 0 Å². The first-order chi connectivity index (χ1) is 19.0. The fraction of sp³-hybridized carbons (Fsp3) is 0.963. The van der Waals surface area contributed by atoms with E-state index < -0.39 is 69.7 Å². The minimum absolute atomic E-state index is 0.126. The Morgan fingerprint density at radius 3 is 1.52 bits per heavy atom. The Labute approximate surface area is 238 Å². The van der Waals surface area contributed by atoms with Crippen molar-refractivity contribution in [3.8, 4) is 0 Å². The van der Waals surface area contributed by atoms with Crippen molar-refractivity contribution >= 4 is 13.8 Å². The van der Waals surface area contributed by atoms with Crippen LogP contribution in [-0.4, -0.2) is 97.4 Å². The highest BCUT2D eigenvalue weighted by molar-refractivity contribution is 7.47. The van der Waals surface area contributed by atoms with Crippen molar-refractivity contribution in [2.75, 3.05) is 13.2 Å². The molecule has 3 unspecified atom stereocenters. The van der Waals surface area contributed by atoms with Crippen molar-refractivity contribution in [3.63, 3.8) is 0 Å². The molecule has 0 amide bonds. The first-order valence-corrected chi connectivity index (χ1v) is 16.4. The van der Waals surface area contributed by atoms with Crippen LogP contribution in [0.2, 0.25) is 0 Å². The summed E-state index contributed by atoms with van der Waals surface area (Å²) in [6.07, 6.45) is 5.08. The summed E-state index contributed by atoms with van der Waals surface area (Å²) in [6, 6.07) is 0. The third-order valence-corrected chi connectivity index (χ3v) is 8.22. The van der Waals surface area contributed by atoms with Gasteiger partial charge in [-0.05, 0) is 6.42 Å². The van der Waals surface area contributed by atoms with Crippen molar-refractivity contribution in [3.05, 3.63) is 0 Å². The highest BCUT2D eigenvalue weighted by Gasteiger charge is 2.51. The van der Waals surface area contributed by atoms with Crippen LogP contribution in [0.5, 0.6) is 0 Å². The van der Waals surface area contributed by atoms with Crippen LogP contribution in [0.4, 0.5) is 0 Å². The maximum atomic E-state index is 12.2. The van der Waals surface area contributed by atoms with Gasteiger partial charge in [-0.1, -0.05) is 96.8 Å². The minimum Gasteiger partial charge on any atom is -0.457 e. The predicted molar refractivity (Wildman–Crippen MR) is 147 cm³/mol. The summed E-state index contributed by atoms with van der Waals surface area (Å²) < 4.78 is 26.7. The molecule has 0 heterocycles. The lowest BCUT2D eigenvalue weighted by atomic mass is 9.85. The van der Waals surface area contributed by atoms with Crippen LogP contribution in [-0.2, 0) is 23.1 Å². The largest absolute Gasteiger partial charge is 0.472 e. The highest BCUT2D eigenvalue weighted by atomic mass is 31.2. The van der Waals surface area contributed by atoms with E-state index in [1.165, 1.54) is 70.6 Å². The first kappa shape index (κ1) is 37.4. The second-order valence-corrected chi connectivity index (χ2v) is 12.2. The predicted octanol–water partition coefficient (Wildman–Crippen LogP) is 2.47. The van der Waals surface area contributed by atoms with Crippen LogP contribution in [0, 0.1) is 0 Å². The van der Waals surface area contributed by atoms with Gasteiger partial charge >= 0.3 is 13.8 Å². The SMILES string of the molecule is CCCCCCCCCCCCCCCCCC(=O)O[C@H](CO)COP(=O)(O)OC1[C@H](O)[C@H](O)C(O)[C@H](O)[C@H]1O. The molecule has 0 aliphatic heterocycles. The summed E-state index contributed by atoms with van der Waals surface area (Å²) in [4.78, 5) is 22.0. The van der Waals surface area contributed by atoms with E-state index >= 15 is 0 Å². The van der Waals surface area contributed by atoms with E-state index in [2.05, 4.69) is 11.4 Å². The zero-order chi connectivity index (χ0) is 30.0. The Hall–Kier alpha value is -0.660. The van der Waals surface area contributed by atoms with Crippen molar-refractivity contribution in [2.45, 2.75) is 152 Å². The number of hydrogen-bond donors (Lipinski definition) is 7. The smallest absolute Gasteiger partial charge is 0.457 e. The first-order valence-electron chi connectivity index (χ1n) is 14.9. The molecule has 1 fully saturated rings. The number of aliphatic hydroxyl groups excluding tert-OH is 6. The van der Waals surface area contributed by atoms with Crippen molar-refractivity contribution in [1.82, 2.24) is 0 Å². The van der Waals surface area contributed by atoms with Crippen molar-refractivity contribution in [1.29, 1.82) is 0 Å². The van der Waals surface area contributed by atoms with Crippen LogP contribution in [0.1, 0.15) is 110 Å². The molecule has 0 bridgehead atoms. The van der Waals surface area contributed by atoms with Gasteiger partial charge < -0.3 is 40.3 Å². The van der Waals surface area contributed by atoms with E-state index in [-0.39, 0.29) is 6.42 Å². The molecule has 40 heavy (non-hydrogen) atoms. The molecule has 7 N–H and O–H groups in total. The Morgan fingerprint density at radius 2 is 1.10 bits per heavy atom. The topological polar surface area (TPSA) is 203 Å². The summed E-state index contributed by atoms with van der Waals surface area (Å²) in [5, 5.41) is 58.3. The zero-order valence-electron chi connectivity index (χ0n) is 23.9. The molecular weight excluding hydrogens is 547 g/mol. The van der Waals surface area contributed by atoms with Crippen molar-refractivity contribution < 1.29 is 58.7 Å². The lowest BCUT2D eigenvalue weighted by Crippen LogP contribution is -2.64. The Kier molecular flexibility index (Phi) is 19.7. The lowest BCUT2D eigenvalue weighted by molar-refractivity contribution is -0.220. The number of ether oxygens (including phenoxy) is 1. The van der Waals surface area contributed by atoms with Gasteiger partial charge in [-0.3, -0.25) is 13.8 Å². The molecule has 0 aromatic heterocycles. The zero-order valence-corrected chi connectivity index (χ0v) is 24.8. The third kappa shape index (κ3) is 15.0. The fourth-order valence-corrected chi connectivity index (χ4v) is 5.67. The minimum atomic E-state index is -5.00. The van der Waals surface area contributed by atoms with Gasteiger partial charge in [0.25, 0.3) is 0 Å². The third-order valence-electron chi connectivity index (χ3n) is 7.24. The quantitative estimate of drug-likeness (QED) is 0.0513. The number of carbonyl (C=O) groups excluding carboxylic acids is 1. The molecule has 1 rings (SSSR count). The van der Waals surface area contributed by atoms with Gasteiger partial charge in [0, 0.05) is 6.42 Å². The van der Waals surface area contributed by atoms with Gasteiger partial charge in [0.05, 0.1) is 13.2 Å². The molecule has 0 radical (unpaired) electrons. The van der Waals surface area contributed by atoms with Gasteiger partial charge in [-0.2, -0.15) is 0 Å². The van der Waals surface area contributed by atoms with E-state index in [1.807, 2.05) is 0 Å². The Bertz CT molecular complexity index is 695. The molecule has 0 spiro atoms. The number of hydrogen-bond acceptors (Lipinski definition) is 11. The summed E-state index contributed by atoms with van der Waals surface area (Å²) in [5.74, 6) is -0.593. The molecule has 0 saturated heterocycles. The summed E-state index contributed by atoms with van der Waals surface area (Å²) in [5.41, 5.74) is 0. The number of esters is 1. The number of rotatable bonds is 23. The van der Waals surface area contributed by atoms with Crippen LogP contribution in [0.3, 0.4) is 0 Å². The van der Waals surface area contributed by atoms with Gasteiger partial charge in [0.1, 0.15) is 42.7 Å². The van der Waals surface area contributed by atoms with Gasteiger partial charge in [-0.25, -0.2) is 4.57 Å². The fourth-order valence-electron chi connectivity index (χ4n) is 4.69. The monoisotopic (exact) mass is 600 g/mol. The molecule has 0 aromatic rings. The lowest BCUT2D eigenvalue weighted by Gasteiger charge is -2.41. The van der Waals surface area contributed by atoms with E-state index in [0.717, 1.165) is 19.3 Å². The van der Waals surface area contributed by atoms with E-state index in [0.29, 0.717) is 6.42 Å². The summed E-state index contributed by atoms with van der Waals surface area (Å²) >= 11 is 0. The normalized spacial score (nSPS) is 27.3. The molecule has 0 aromatic carbocycles. The average molecular weight is 601 g/mol. The molecule has 8 atom stereocenters. The number of aliphatic hydroxyl groups is 6. The molecule has 1 aliphatic carbocycles. The number of carbonyl (C=O) groups is 1. The second kappa shape index (κ2) is 21.1. The molecule has 13 heteroatoms. The molecule has 238 valence electrons. The van der Waals surface area contributed by atoms with Gasteiger partial charge in [0.2, 0.25) is 0 Å². The van der Waals surface area contributed by atoms with Crippen molar-refractivity contribution in [2.24, 2.45) is 0 Å². The average Bonchev–Trinajstić information content (AvgIpc) is 2.93. The standard InChI is InChI=1S/C27H53O12P/c1-2-3-4-5-6-7-8-9-10-11-12-13-14-15-16-17-21(29)38-20(18-28)19-37-40(35,36)39-27-25(33)23(31)22(30)24(32)26(27)34/h20,22-28,30-34H,2-19H2,1H3,(H,35,36)/t20-,22?,23-,24+,25-,26-,27?/m1/s1.